The van der Waals surface area contributed by atoms with E-state index < -0.39 is 0 Å². The number of Topliss-reactive ketones (excluding diaryl/α,β-unsaturated/α-hetero) is 2. The van der Waals surface area contributed by atoms with Crippen molar-refractivity contribution in [3.8, 4) is 22.3 Å². The van der Waals surface area contributed by atoms with Gasteiger partial charge >= 0.3 is 0 Å². The highest BCUT2D eigenvalue weighted by Gasteiger charge is 2.20. The van der Waals surface area contributed by atoms with Crippen molar-refractivity contribution in [1.82, 2.24) is 0 Å². The second-order valence-corrected chi connectivity index (χ2v) is 13.0. The molecule has 2 heterocycles. The maximum atomic E-state index is 12.9. The van der Waals surface area contributed by atoms with E-state index in [-0.39, 0.29) is 11.6 Å². The van der Waals surface area contributed by atoms with Crippen LogP contribution in [0.3, 0.4) is 0 Å². The van der Waals surface area contributed by atoms with Crippen molar-refractivity contribution in [2.45, 2.75) is 54.6 Å². The molecule has 0 aliphatic heterocycles. The molecule has 0 amide bonds. The lowest BCUT2D eigenvalue weighted by Gasteiger charge is -2.13. The summed E-state index contributed by atoms with van der Waals surface area (Å²) >= 11 is 0. The molecule has 248 valence electrons. The summed E-state index contributed by atoms with van der Waals surface area (Å²) in [6, 6.07) is 35.4. The monoisotopic (exact) mass is 658 g/mol. The Kier molecular flexibility index (Phi) is 10.0. The lowest BCUT2D eigenvalue weighted by molar-refractivity contribution is -0.689. The fraction of sp³-hybridized carbons (Fsp3) is 0.182. The molecule has 0 fully saturated rings. The molecule has 6 rings (SSSR count). The number of hydrogen-bond donors (Lipinski definition) is 0. The Hall–Kier alpha value is -5.88. The normalized spacial score (nSPS) is 11.2. The van der Waals surface area contributed by atoms with Gasteiger partial charge in [0.05, 0.1) is 11.4 Å². The van der Waals surface area contributed by atoms with Crippen molar-refractivity contribution in [3.05, 3.63) is 166 Å². The van der Waals surface area contributed by atoms with Crippen molar-refractivity contribution in [1.29, 1.82) is 0 Å². The molecule has 6 nitrogen and oxygen atoms in total. The van der Waals surface area contributed by atoms with Gasteiger partial charge in [0.1, 0.15) is 0 Å². The zero-order valence-corrected chi connectivity index (χ0v) is 29.6. The van der Waals surface area contributed by atoms with Gasteiger partial charge < -0.3 is 0 Å². The maximum absolute atomic E-state index is 12.9. The van der Waals surface area contributed by atoms with Crippen molar-refractivity contribution < 1.29 is 18.7 Å². The van der Waals surface area contributed by atoms with Crippen molar-refractivity contribution >= 4 is 22.9 Å². The van der Waals surface area contributed by atoms with Gasteiger partial charge in [0, 0.05) is 48.2 Å². The first-order valence-corrected chi connectivity index (χ1v) is 16.9. The number of aromatic nitrogens is 2. The molecular formula is C44H42N4O2+2. The van der Waals surface area contributed by atoms with Crippen LogP contribution in [0.1, 0.15) is 54.4 Å². The second kappa shape index (κ2) is 14.7. The summed E-state index contributed by atoms with van der Waals surface area (Å²) < 4.78 is 4.03. The Bertz CT molecular complexity index is 2100. The SMILES string of the molecule is Cc1c[n+](CC(=O)c2ccccc2)c(C)cc1-c1cccc(N=Nc2cccc(-c3cc(C)[n+](CC(=O)c4ccccc4)cc3C)c2C)c1C. The fourth-order valence-electron chi connectivity index (χ4n) is 6.44. The first kappa shape index (κ1) is 34.0. The molecule has 0 aliphatic carbocycles. The smallest absolute Gasteiger partial charge is 0.227 e. The number of carbonyl (C=O) groups is 2. The number of pyridine rings is 2. The predicted octanol–water partition coefficient (Wildman–Crippen LogP) is 9.63. The third kappa shape index (κ3) is 7.25. The molecule has 0 unspecified atom stereocenters. The number of carbonyl (C=O) groups excluding carboxylic acids is 2. The van der Waals surface area contributed by atoms with Crippen LogP contribution in [0.2, 0.25) is 0 Å². The summed E-state index contributed by atoms with van der Waals surface area (Å²) in [6.45, 7) is 13.0. The molecule has 4 aromatic carbocycles. The maximum Gasteiger partial charge on any atom is 0.227 e. The van der Waals surface area contributed by atoms with Crippen LogP contribution < -0.4 is 9.13 Å². The Morgan fingerprint density at radius 3 is 1.24 bits per heavy atom. The van der Waals surface area contributed by atoms with Gasteiger partial charge in [-0.1, -0.05) is 84.9 Å². The molecule has 2 aromatic heterocycles. The van der Waals surface area contributed by atoms with Gasteiger partial charge in [-0.05, 0) is 73.2 Å². The molecule has 50 heavy (non-hydrogen) atoms. The first-order valence-electron chi connectivity index (χ1n) is 16.9. The zero-order valence-electron chi connectivity index (χ0n) is 29.6. The summed E-state index contributed by atoms with van der Waals surface area (Å²) in [5.74, 6) is 0.167. The molecule has 0 atom stereocenters. The van der Waals surface area contributed by atoms with Gasteiger partial charge in [0.25, 0.3) is 0 Å². The molecule has 0 saturated heterocycles. The Morgan fingerprint density at radius 1 is 0.480 bits per heavy atom. The summed E-state index contributed by atoms with van der Waals surface area (Å²) in [5, 5.41) is 9.50. The van der Waals surface area contributed by atoms with Gasteiger partial charge in [-0.3, -0.25) is 9.59 Å². The molecule has 6 aromatic rings. The molecule has 0 saturated carbocycles. The number of ketones is 2. The van der Waals surface area contributed by atoms with Crippen LogP contribution in [-0.2, 0) is 13.1 Å². The van der Waals surface area contributed by atoms with E-state index in [1.165, 1.54) is 0 Å². The number of benzene rings is 4. The van der Waals surface area contributed by atoms with Crippen LogP contribution in [0, 0.1) is 41.5 Å². The fourth-order valence-corrected chi connectivity index (χ4v) is 6.44. The third-order valence-electron chi connectivity index (χ3n) is 9.44. The predicted molar refractivity (Wildman–Crippen MR) is 198 cm³/mol. The van der Waals surface area contributed by atoms with E-state index in [1.807, 2.05) is 108 Å². The molecule has 0 N–H and O–H groups in total. The average molecular weight is 659 g/mol. The Balaban J connectivity index is 1.24. The van der Waals surface area contributed by atoms with E-state index in [4.69, 9.17) is 10.2 Å². The largest absolute Gasteiger partial charge is 0.287 e. The highest BCUT2D eigenvalue weighted by molar-refractivity contribution is 5.95. The highest BCUT2D eigenvalue weighted by atomic mass is 16.1. The van der Waals surface area contributed by atoms with Crippen LogP contribution in [0.4, 0.5) is 11.4 Å². The van der Waals surface area contributed by atoms with Crippen molar-refractivity contribution in [3.63, 3.8) is 0 Å². The van der Waals surface area contributed by atoms with Gasteiger partial charge in [-0.2, -0.15) is 19.4 Å². The van der Waals surface area contributed by atoms with E-state index in [0.717, 1.165) is 67.3 Å². The topological polar surface area (TPSA) is 66.6 Å². The van der Waals surface area contributed by atoms with Crippen LogP contribution in [-0.4, -0.2) is 11.6 Å². The average Bonchev–Trinajstić information content (AvgIpc) is 3.12. The minimum absolute atomic E-state index is 0.0836. The molecule has 0 radical (unpaired) electrons. The quantitative estimate of drug-likeness (QED) is 0.0836. The standard InChI is InChI=1S/C44H42N4O2/c1-29-25-47(27-43(49)35-15-9-7-10-16-35)31(3)23-39(29)37-19-13-21-41(33(37)5)45-46-42-22-14-20-38(34(42)6)40-24-32(4)48(26-30(40)2)28-44(50)36-17-11-8-12-18-36/h7-26H,27-28H2,1-6H3/q+2. The number of hydrogen-bond acceptors (Lipinski definition) is 4. The van der Waals surface area contributed by atoms with E-state index in [0.29, 0.717) is 24.2 Å². The van der Waals surface area contributed by atoms with E-state index in [1.54, 1.807) is 0 Å². The van der Waals surface area contributed by atoms with E-state index >= 15 is 0 Å². The number of nitrogens with zero attached hydrogens (tertiary/aromatic N) is 4. The Labute approximate surface area is 294 Å². The third-order valence-corrected chi connectivity index (χ3v) is 9.44. The van der Waals surface area contributed by atoms with Gasteiger partial charge in [0.15, 0.2) is 23.8 Å². The van der Waals surface area contributed by atoms with E-state index in [9.17, 15) is 9.59 Å². The van der Waals surface area contributed by atoms with Crippen LogP contribution in [0.5, 0.6) is 0 Å². The van der Waals surface area contributed by atoms with E-state index in [2.05, 4.69) is 64.4 Å². The molecule has 0 aliphatic rings. The van der Waals surface area contributed by atoms with Crippen LogP contribution >= 0.6 is 0 Å². The van der Waals surface area contributed by atoms with Crippen molar-refractivity contribution in [2.24, 2.45) is 10.2 Å². The van der Waals surface area contributed by atoms with Gasteiger partial charge in [-0.25, -0.2) is 0 Å². The molecule has 0 spiro atoms. The van der Waals surface area contributed by atoms with Crippen LogP contribution in [0.15, 0.2) is 132 Å². The minimum atomic E-state index is 0.0836. The first-order chi connectivity index (χ1) is 24.1. The van der Waals surface area contributed by atoms with Gasteiger partial charge in [0.2, 0.25) is 24.7 Å². The zero-order chi connectivity index (χ0) is 35.4. The molecular weight excluding hydrogens is 617 g/mol. The lowest BCUT2D eigenvalue weighted by atomic mass is 9.96. The summed E-state index contributed by atoms with van der Waals surface area (Å²) in [7, 11) is 0. The Morgan fingerprint density at radius 2 is 0.860 bits per heavy atom. The molecule has 6 heteroatoms. The van der Waals surface area contributed by atoms with Gasteiger partial charge in [-0.15, -0.1) is 0 Å². The summed E-state index contributed by atoms with van der Waals surface area (Å²) in [4.78, 5) is 25.8. The summed E-state index contributed by atoms with van der Waals surface area (Å²) in [6.07, 6.45) is 4.12. The highest BCUT2D eigenvalue weighted by Crippen LogP contribution is 2.36. The van der Waals surface area contributed by atoms with Crippen LogP contribution in [0.25, 0.3) is 22.3 Å². The molecule has 0 bridgehead atoms. The summed E-state index contributed by atoms with van der Waals surface area (Å²) in [5.41, 5.74) is 13.7. The number of azo groups is 1. The second-order valence-electron chi connectivity index (χ2n) is 13.0. The number of aryl methyl sites for hydroxylation is 4. The minimum Gasteiger partial charge on any atom is -0.287 e. The number of rotatable bonds is 10. The van der Waals surface area contributed by atoms with Crippen molar-refractivity contribution in [2.75, 3.05) is 0 Å². The lowest BCUT2D eigenvalue weighted by Crippen LogP contribution is -2.41.